The molecule has 3 rings (SSSR count). The van der Waals surface area contributed by atoms with E-state index in [-0.39, 0.29) is 12.6 Å². The average molecular weight is 395 g/mol. The van der Waals surface area contributed by atoms with E-state index < -0.39 is 11.9 Å². The molecule has 1 atom stereocenters. The number of ether oxygens (including phenoxy) is 1. The molecule has 0 saturated carbocycles. The maximum absolute atomic E-state index is 13.1. The molecule has 3 heterocycles. The van der Waals surface area contributed by atoms with Crippen molar-refractivity contribution >= 4 is 27.8 Å². The molecule has 2 aromatic rings. The van der Waals surface area contributed by atoms with Crippen LogP contribution in [0.2, 0.25) is 0 Å². The van der Waals surface area contributed by atoms with Crippen LogP contribution in [0.3, 0.4) is 0 Å². The van der Waals surface area contributed by atoms with E-state index in [0.717, 1.165) is 28.7 Å². The number of carbonyl (C=O) groups excluding carboxylic acids is 1. The number of pyridine rings is 2. The first-order valence-electron chi connectivity index (χ1n) is 7.44. The monoisotopic (exact) mass is 394 g/mol. The second-order valence-electron chi connectivity index (χ2n) is 5.52. The van der Waals surface area contributed by atoms with Gasteiger partial charge in [0.1, 0.15) is 22.3 Å². The van der Waals surface area contributed by atoms with Crippen molar-refractivity contribution in [3.8, 4) is 0 Å². The van der Waals surface area contributed by atoms with Gasteiger partial charge in [0.2, 0.25) is 0 Å². The van der Waals surface area contributed by atoms with E-state index in [1.807, 2.05) is 24.1 Å². The van der Waals surface area contributed by atoms with Crippen LogP contribution < -0.4 is 10.2 Å². The highest BCUT2D eigenvalue weighted by Gasteiger charge is 2.27. The van der Waals surface area contributed by atoms with Gasteiger partial charge in [-0.2, -0.15) is 0 Å². The molecule has 0 aliphatic carbocycles. The number of carbonyl (C=O) groups is 1. The minimum Gasteiger partial charge on any atom is -0.441 e. The zero-order valence-electron chi connectivity index (χ0n) is 13.0. The maximum atomic E-state index is 13.1. The Kier molecular flexibility index (Phi) is 4.94. The molecule has 1 aliphatic rings. The molecule has 0 saturated heterocycles. The minimum absolute atomic E-state index is 0.154. The number of hydrogen-bond acceptors (Lipinski definition) is 5. The fraction of sp³-hybridized carbons (Fsp3) is 0.312. The van der Waals surface area contributed by atoms with Gasteiger partial charge in [-0.25, -0.2) is 14.2 Å². The SMILES string of the molecule is CN1CCC(OC(=O)NCc2cncc(F)c2)c2ccc(Br)nc21. The van der Waals surface area contributed by atoms with Gasteiger partial charge in [-0.15, -0.1) is 0 Å². The quantitative estimate of drug-likeness (QED) is 0.809. The summed E-state index contributed by atoms with van der Waals surface area (Å²) in [6.45, 7) is 0.893. The maximum Gasteiger partial charge on any atom is 0.408 e. The number of anilines is 1. The summed E-state index contributed by atoms with van der Waals surface area (Å²) >= 11 is 3.35. The number of nitrogens with one attached hydrogen (secondary N) is 1. The Balaban J connectivity index is 1.64. The third-order valence-corrected chi connectivity index (χ3v) is 4.20. The highest BCUT2D eigenvalue weighted by atomic mass is 79.9. The molecular weight excluding hydrogens is 379 g/mol. The summed E-state index contributed by atoms with van der Waals surface area (Å²) in [5, 5.41) is 2.62. The van der Waals surface area contributed by atoms with Gasteiger partial charge >= 0.3 is 6.09 Å². The van der Waals surface area contributed by atoms with Crippen molar-refractivity contribution in [2.75, 3.05) is 18.5 Å². The summed E-state index contributed by atoms with van der Waals surface area (Å²) in [7, 11) is 1.95. The topological polar surface area (TPSA) is 67.3 Å². The van der Waals surface area contributed by atoms with Crippen LogP contribution in [-0.2, 0) is 11.3 Å². The molecule has 6 nitrogen and oxygen atoms in total. The average Bonchev–Trinajstić information content (AvgIpc) is 2.56. The first-order valence-corrected chi connectivity index (χ1v) is 8.23. The largest absolute Gasteiger partial charge is 0.441 e. The molecular formula is C16H16BrFN4O2. The van der Waals surface area contributed by atoms with E-state index in [0.29, 0.717) is 12.0 Å². The second-order valence-corrected chi connectivity index (χ2v) is 6.33. The molecule has 0 spiro atoms. The van der Waals surface area contributed by atoms with Crippen LogP contribution in [0.1, 0.15) is 23.7 Å². The fourth-order valence-electron chi connectivity index (χ4n) is 2.59. The Labute approximate surface area is 147 Å². The molecule has 2 aromatic heterocycles. The van der Waals surface area contributed by atoms with Crippen LogP contribution in [0, 0.1) is 5.82 Å². The van der Waals surface area contributed by atoms with E-state index in [9.17, 15) is 9.18 Å². The van der Waals surface area contributed by atoms with Gasteiger partial charge in [0.25, 0.3) is 0 Å². The van der Waals surface area contributed by atoms with Gasteiger partial charge < -0.3 is 15.0 Å². The molecule has 0 aromatic carbocycles. The van der Waals surface area contributed by atoms with Crippen LogP contribution in [0.4, 0.5) is 15.0 Å². The molecule has 24 heavy (non-hydrogen) atoms. The zero-order chi connectivity index (χ0) is 17.1. The smallest absolute Gasteiger partial charge is 0.408 e. The Hall–Kier alpha value is -2.22. The van der Waals surface area contributed by atoms with E-state index in [4.69, 9.17) is 4.74 Å². The summed E-state index contributed by atoms with van der Waals surface area (Å²) in [4.78, 5) is 22.2. The summed E-state index contributed by atoms with van der Waals surface area (Å²) in [5.41, 5.74) is 1.44. The van der Waals surface area contributed by atoms with Crippen molar-refractivity contribution < 1.29 is 13.9 Å². The van der Waals surface area contributed by atoms with Crippen molar-refractivity contribution in [3.05, 3.63) is 52.1 Å². The lowest BCUT2D eigenvalue weighted by Crippen LogP contribution is -2.32. The summed E-state index contributed by atoms with van der Waals surface area (Å²) in [5.74, 6) is 0.353. The third kappa shape index (κ3) is 3.81. The highest BCUT2D eigenvalue weighted by Crippen LogP contribution is 2.34. The van der Waals surface area contributed by atoms with Crippen LogP contribution in [0.25, 0.3) is 0 Å². The van der Waals surface area contributed by atoms with E-state index in [1.165, 1.54) is 12.3 Å². The van der Waals surface area contributed by atoms with Gasteiger partial charge in [0.15, 0.2) is 0 Å². The number of amides is 1. The lowest BCUT2D eigenvalue weighted by Gasteiger charge is -2.31. The van der Waals surface area contributed by atoms with Crippen molar-refractivity contribution in [2.45, 2.75) is 19.1 Å². The predicted molar refractivity (Wildman–Crippen MR) is 90.1 cm³/mol. The summed E-state index contributed by atoms with van der Waals surface area (Å²) < 4.78 is 19.3. The second kappa shape index (κ2) is 7.12. The van der Waals surface area contributed by atoms with Crippen LogP contribution in [-0.4, -0.2) is 29.7 Å². The molecule has 0 bridgehead atoms. The van der Waals surface area contributed by atoms with Crippen LogP contribution in [0.5, 0.6) is 0 Å². The Morgan fingerprint density at radius 2 is 2.33 bits per heavy atom. The Morgan fingerprint density at radius 3 is 3.12 bits per heavy atom. The summed E-state index contributed by atoms with van der Waals surface area (Å²) in [6, 6.07) is 5.04. The summed E-state index contributed by atoms with van der Waals surface area (Å²) in [6.07, 6.45) is 2.38. The molecule has 0 fully saturated rings. The van der Waals surface area contributed by atoms with Crippen molar-refractivity contribution in [1.29, 1.82) is 0 Å². The lowest BCUT2D eigenvalue weighted by atomic mass is 10.0. The van der Waals surface area contributed by atoms with Crippen molar-refractivity contribution in [3.63, 3.8) is 0 Å². The first kappa shape index (κ1) is 16.6. The fourth-order valence-corrected chi connectivity index (χ4v) is 2.89. The minimum atomic E-state index is -0.553. The van der Waals surface area contributed by atoms with E-state index in [2.05, 4.69) is 31.2 Å². The van der Waals surface area contributed by atoms with Crippen LogP contribution >= 0.6 is 15.9 Å². The molecule has 1 unspecified atom stereocenters. The van der Waals surface area contributed by atoms with Crippen LogP contribution in [0.15, 0.2) is 35.2 Å². The Bertz CT molecular complexity index is 759. The van der Waals surface area contributed by atoms with Crippen molar-refractivity contribution in [1.82, 2.24) is 15.3 Å². The standard InChI is InChI=1S/C16H16BrFN4O2/c1-22-5-4-13(12-2-3-14(17)21-15(12)22)24-16(23)20-8-10-6-11(18)9-19-7-10/h2-3,6-7,9,13H,4-5,8H2,1H3,(H,20,23). The number of halogens is 2. The Morgan fingerprint density at radius 1 is 1.50 bits per heavy atom. The number of hydrogen-bond donors (Lipinski definition) is 1. The number of nitrogens with zero attached hydrogens (tertiary/aromatic N) is 3. The van der Waals surface area contributed by atoms with Gasteiger partial charge in [-0.1, -0.05) is 0 Å². The van der Waals surface area contributed by atoms with Gasteiger partial charge in [-0.3, -0.25) is 4.98 Å². The molecule has 1 N–H and O–H groups in total. The normalized spacial score (nSPS) is 16.5. The van der Waals surface area contributed by atoms with Crippen molar-refractivity contribution in [2.24, 2.45) is 0 Å². The van der Waals surface area contributed by atoms with Gasteiger partial charge in [-0.05, 0) is 39.7 Å². The van der Waals surface area contributed by atoms with Gasteiger partial charge in [0.05, 0.1) is 6.20 Å². The van der Waals surface area contributed by atoms with E-state index >= 15 is 0 Å². The lowest BCUT2D eigenvalue weighted by molar-refractivity contribution is 0.0907. The highest BCUT2D eigenvalue weighted by molar-refractivity contribution is 9.10. The first-order chi connectivity index (χ1) is 11.5. The van der Waals surface area contributed by atoms with E-state index in [1.54, 1.807) is 0 Å². The number of fused-ring (bicyclic) bond motifs is 1. The zero-order valence-corrected chi connectivity index (χ0v) is 14.6. The molecule has 0 radical (unpaired) electrons. The molecule has 8 heteroatoms. The predicted octanol–water partition coefficient (Wildman–Crippen LogP) is 3.19. The van der Waals surface area contributed by atoms with Gasteiger partial charge in [0, 0.05) is 38.3 Å². The molecule has 126 valence electrons. The third-order valence-electron chi connectivity index (χ3n) is 3.75. The molecule has 1 aliphatic heterocycles. The number of rotatable bonds is 3. The number of aromatic nitrogens is 2. The molecule has 1 amide bonds. The number of alkyl carbamates (subject to hydrolysis) is 1.